The second kappa shape index (κ2) is 21.0. The predicted molar refractivity (Wildman–Crippen MR) is 236 cm³/mol. The Balaban J connectivity index is 1.21. The van der Waals surface area contributed by atoms with Crippen LogP contribution in [0.4, 0.5) is 0 Å². The van der Waals surface area contributed by atoms with E-state index in [1.54, 1.807) is 0 Å². The van der Waals surface area contributed by atoms with Crippen molar-refractivity contribution in [2.24, 2.45) is 44.8 Å². The van der Waals surface area contributed by atoms with Crippen LogP contribution in [-0.2, 0) is 28.4 Å². The van der Waals surface area contributed by atoms with E-state index in [9.17, 15) is 71.5 Å². The van der Waals surface area contributed by atoms with Crippen LogP contribution in [0.5, 0.6) is 0 Å². The molecule has 0 aromatic heterocycles. The second-order valence-electron chi connectivity index (χ2n) is 22.6. The Morgan fingerprint density at radius 2 is 1.15 bits per heavy atom. The van der Waals surface area contributed by atoms with E-state index in [4.69, 9.17) is 28.4 Å². The number of rotatable bonds is 15. The Bertz CT molecular complexity index is 1710. The molecule has 7 fully saturated rings. The summed E-state index contributed by atoms with van der Waals surface area (Å²) in [6.07, 6.45) is -17.4. The van der Waals surface area contributed by atoms with Gasteiger partial charge in [0.2, 0.25) is 0 Å². The minimum absolute atomic E-state index is 0.0487. The lowest BCUT2D eigenvalue weighted by atomic mass is 9.33. The van der Waals surface area contributed by atoms with E-state index in [-0.39, 0.29) is 48.4 Å². The van der Waals surface area contributed by atoms with Crippen molar-refractivity contribution in [1.82, 2.24) is 0 Å². The fourth-order valence-corrected chi connectivity index (χ4v) is 14.7. The van der Waals surface area contributed by atoms with Crippen LogP contribution in [0.3, 0.4) is 0 Å². The molecule has 0 amide bonds. The number of aliphatic hydroxyl groups is 14. The minimum Gasteiger partial charge on any atom is -0.396 e. The molecule has 3 heterocycles. The molecule has 4 saturated carbocycles. The van der Waals surface area contributed by atoms with Crippen LogP contribution in [0, 0.1) is 44.8 Å². The molecule has 0 radical (unpaired) electrons. The average molecular weight is 979 g/mol. The van der Waals surface area contributed by atoms with Gasteiger partial charge in [0.05, 0.1) is 51.8 Å². The molecule has 7 aliphatic rings. The van der Waals surface area contributed by atoms with Gasteiger partial charge in [-0.15, -0.1) is 0 Å². The topological polar surface area (TPSA) is 339 Å². The molecule has 3 saturated heterocycles. The number of allylic oxidation sites excluding steroid dienone is 1. The maximum absolute atomic E-state index is 12.4. The lowest BCUT2D eigenvalue weighted by Crippen LogP contribution is -2.69. The predicted octanol–water partition coefficient (Wildman–Crippen LogP) is -2.08. The Morgan fingerprint density at radius 3 is 1.74 bits per heavy atom. The van der Waals surface area contributed by atoms with Gasteiger partial charge in [-0.3, -0.25) is 0 Å². The highest BCUT2D eigenvalue weighted by Gasteiger charge is 2.71. The van der Waals surface area contributed by atoms with Crippen molar-refractivity contribution in [2.45, 2.75) is 203 Å². The van der Waals surface area contributed by atoms with Crippen molar-refractivity contribution in [2.75, 3.05) is 39.6 Å². The SMILES string of the molecule is C/C(=C\CCC1(CO)CCC2(C)C(CCC3C4(C)CCC(OC5OC(CO)C(O)C(O)C5OC5OC(CO)C(O)C(O)C5O)C(C)(COC5OC(CO)C(O)C(O)C5O)C4CCC32C)C1O)CO. The third-order valence-corrected chi connectivity index (χ3v) is 19.2. The number of aliphatic hydroxyl groups excluding tert-OH is 14. The van der Waals surface area contributed by atoms with Gasteiger partial charge < -0.3 is 99.9 Å². The van der Waals surface area contributed by atoms with E-state index in [1.807, 2.05) is 19.9 Å². The normalized spacial score (nSPS) is 53.3. The first-order chi connectivity index (χ1) is 32.1. The van der Waals surface area contributed by atoms with Crippen LogP contribution in [-0.4, -0.2) is 215 Å². The highest BCUT2D eigenvalue weighted by Crippen LogP contribution is 2.75. The van der Waals surface area contributed by atoms with Gasteiger partial charge in [-0.2, -0.15) is 0 Å². The molecule has 0 aromatic carbocycles. The fourth-order valence-electron chi connectivity index (χ4n) is 14.7. The molecular weight excluding hydrogens is 897 g/mol. The summed E-state index contributed by atoms with van der Waals surface area (Å²) >= 11 is 0. The van der Waals surface area contributed by atoms with Gasteiger partial charge >= 0.3 is 0 Å². The summed E-state index contributed by atoms with van der Waals surface area (Å²) in [5, 5.41) is 150. The summed E-state index contributed by atoms with van der Waals surface area (Å²) in [6, 6.07) is 0. The highest BCUT2D eigenvalue weighted by molar-refractivity contribution is 5.19. The smallest absolute Gasteiger partial charge is 0.187 e. The van der Waals surface area contributed by atoms with Gasteiger partial charge in [-0.1, -0.05) is 39.3 Å². The zero-order valence-electron chi connectivity index (χ0n) is 40.1. The molecular formula is C48H82O20. The van der Waals surface area contributed by atoms with Gasteiger partial charge in [0.1, 0.15) is 73.2 Å². The monoisotopic (exact) mass is 979 g/mol. The Hall–Kier alpha value is -1.06. The lowest BCUT2D eigenvalue weighted by Gasteiger charge is -2.72. The van der Waals surface area contributed by atoms with Crippen LogP contribution < -0.4 is 0 Å². The maximum atomic E-state index is 12.4. The third-order valence-electron chi connectivity index (χ3n) is 19.2. The molecule has 394 valence electrons. The summed E-state index contributed by atoms with van der Waals surface area (Å²) in [4.78, 5) is 0. The van der Waals surface area contributed by atoms with E-state index in [2.05, 4.69) is 20.8 Å². The van der Waals surface area contributed by atoms with Crippen LogP contribution in [0.15, 0.2) is 11.6 Å². The van der Waals surface area contributed by atoms with Crippen molar-refractivity contribution in [3.8, 4) is 0 Å². The van der Waals surface area contributed by atoms with Crippen molar-refractivity contribution >= 4 is 0 Å². The lowest BCUT2D eigenvalue weighted by molar-refractivity contribution is -0.382. The van der Waals surface area contributed by atoms with Crippen molar-refractivity contribution in [3.05, 3.63) is 11.6 Å². The van der Waals surface area contributed by atoms with E-state index in [0.717, 1.165) is 31.3 Å². The third kappa shape index (κ3) is 9.19. The van der Waals surface area contributed by atoms with Crippen LogP contribution in [0.2, 0.25) is 0 Å². The second-order valence-corrected chi connectivity index (χ2v) is 22.6. The zero-order chi connectivity index (χ0) is 49.9. The van der Waals surface area contributed by atoms with E-state index in [0.29, 0.717) is 38.5 Å². The molecule has 25 atom stereocenters. The van der Waals surface area contributed by atoms with Crippen molar-refractivity contribution in [1.29, 1.82) is 0 Å². The Morgan fingerprint density at radius 1 is 0.574 bits per heavy atom. The molecule has 0 spiro atoms. The number of ether oxygens (including phenoxy) is 6. The largest absolute Gasteiger partial charge is 0.396 e. The van der Waals surface area contributed by atoms with E-state index < -0.39 is 140 Å². The van der Waals surface area contributed by atoms with Crippen LogP contribution in [0.1, 0.15) is 98.8 Å². The summed E-state index contributed by atoms with van der Waals surface area (Å²) in [6.45, 7) is 8.24. The van der Waals surface area contributed by atoms with E-state index >= 15 is 0 Å². The van der Waals surface area contributed by atoms with Crippen molar-refractivity contribution in [3.63, 3.8) is 0 Å². The van der Waals surface area contributed by atoms with Crippen molar-refractivity contribution < 1.29 is 99.9 Å². The van der Waals surface area contributed by atoms with Gasteiger partial charge in [0.15, 0.2) is 18.9 Å². The fraction of sp³-hybridized carbons (Fsp3) is 0.958. The van der Waals surface area contributed by atoms with Gasteiger partial charge in [-0.05, 0) is 105 Å². The summed E-state index contributed by atoms with van der Waals surface area (Å²) in [5.74, 6) is -0.157. The molecule has 0 bridgehead atoms. The first kappa shape index (κ1) is 54.7. The Labute approximate surface area is 398 Å². The molecule has 20 heteroatoms. The zero-order valence-corrected chi connectivity index (χ0v) is 40.1. The molecule has 0 aromatic rings. The first-order valence-electron chi connectivity index (χ1n) is 24.8. The summed E-state index contributed by atoms with van der Waals surface area (Å²) in [7, 11) is 0. The van der Waals surface area contributed by atoms with E-state index in [1.165, 1.54) is 0 Å². The Kier molecular flexibility index (Phi) is 16.9. The van der Waals surface area contributed by atoms with Crippen LogP contribution >= 0.6 is 0 Å². The van der Waals surface area contributed by atoms with Gasteiger partial charge in [0, 0.05) is 10.8 Å². The number of hydrogen-bond donors (Lipinski definition) is 14. The molecule has 20 nitrogen and oxygen atoms in total. The summed E-state index contributed by atoms with van der Waals surface area (Å²) < 4.78 is 36.9. The van der Waals surface area contributed by atoms with Gasteiger partial charge in [0.25, 0.3) is 0 Å². The number of hydrogen-bond acceptors (Lipinski definition) is 20. The molecule has 4 aliphatic carbocycles. The first-order valence-corrected chi connectivity index (χ1v) is 24.8. The molecule has 3 aliphatic heterocycles. The minimum atomic E-state index is -1.88. The maximum Gasteiger partial charge on any atom is 0.187 e. The quantitative estimate of drug-likeness (QED) is 0.0619. The van der Waals surface area contributed by atoms with Gasteiger partial charge in [-0.25, -0.2) is 0 Å². The molecule has 68 heavy (non-hydrogen) atoms. The molecule has 14 N–H and O–H groups in total. The standard InChI is InChI=1S/C48H82O20/c1-23(17-49)7-6-12-48(21-53)16-15-46(4)24(40(48)62)8-9-29-44(2)13-11-30(45(3,28(44)10-14-47(29,46)5)22-63-41-37(60)34(57)31(54)25(18-50)64-41)67-43-39(36(59)33(56)27(20-52)66-43)68-42-38(61)35(58)32(55)26(19-51)65-42/h7,24-43,49-62H,6,8-22H2,1-5H3/b23-7+. The average Bonchev–Trinajstić information content (AvgIpc) is 3.32. The molecule has 25 unspecified atom stereocenters. The molecule has 7 rings (SSSR count). The number of fused-ring (bicyclic) bond motifs is 5. The highest BCUT2D eigenvalue weighted by atomic mass is 16.8. The van der Waals surface area contributed by atoms with Crippen LogP contribution in [0.25, 0.3) is 0 Å². The summed E-state index contributed by atoms with van der Waals surface area (Å²) in [5.41, 5.74) is -1.83.